The highest BCUT2D eigenvalue weighted by atomic mass is 79.9. The fourth-order valence-corrected chi connectivity index (χ4v) is 2.93. The standard InChI is InChI=1S/C15H21BrN2O2/c1-10-6-11(4-5-14(10)16)15(20)18-9-13(19)7-12(18)8-17(2)3/h4-6,12-13,19H,7-9H2,1-3H3. The maximum atomic E-state index is 12.6. The number of aryl methyl sites for hydroxylation is 1. The van der Waals surface area contributed by atoms with Gasteiger partial charge in [0.05, 0.1) is 6.10 Å². The van der Waals surface area contributed by atoms with Gasteiger partial charge in [0.2, 0.25) is 0 Å². The summed E-state index contributed by atoms with van der Waals surface area (Å²) in [5, 5.41) is 9.86. The van der Waals surface area contributed by atoms with Crippen LogP contribution in [0.4, 0.5) is 0 Å². The second-order valence-corrected chi connectivity index (χ2v) is 6.58. The van der Waals surface area contributed by atoms with E-state index < -0.39 is 6.10 Å². The Morgan fingerprint density at radius 1 is 1.50 bits per heavy atom. The molecule has 1 amide bonds. The quantitative estimate of drug-likeness (QED) is 0.913. The van der Waals surface area contributed by atoms with Crippen molar-refractivity contribution < 1.29 is 9.90 Å². The normalized spacial score (nSPS) is 22.6. The third-order valence-corrected chi connectivity index (χ3v) is 4.52. The lowest BCUT2D eigenvalue weighted by Gasteiger charge is -2.27. The van der Waals surface area contributed by atoms with Gasteiger partial charge in [0, 0.05) is 29.2 Å². The van der Waals surface area contributed by atoms with Crippen LogP contribution >= 0.6 is 15.9 Å². The highest BCUT2D eigenvalue weighted by Crippen LogP contribution is 2.23. The van der Waals surface area contributed by atoms with E-state index in [4.69, 9.17) is 0 Å². The van der Waals surface area contributed by atoms with Crippen LogP contribution < -0.4 is 0 Å². The van der Waals surface area contributed by atoms with Crippen LogP contribution in [0.25, 0.3) is 0 Å². The van der Waals surface area contributed by atoms with E-state index in [2.05, 4.69) is 20.8 Å². The van der Waals surface area contributed by atoms with Gasteiger partial charge >= 0.3 is 0 Å². The number of hydrogen-bond donors (Lipinski definition) is 1. The van der Waals surface area contributed by atoms with Crippen molar-refractivity contribution in [3.63, 3.8) is 0 Å². The number of aliphatic hydroxyl groups is 1. The number of carbonyl (C=O) groups is 1. The molecule has 0 aliphatic carbocycles. The van der Waals surface area contributed by atoms with Crippen molar-refractivity contribution in [3.8, 4) is 0 Å². The molecule has 1 aromatic rings. The molecule has 1 N–H and O–H groups in total. The average Bonchev–Trinajstić information content (AvgIpc) is 2.72. The highest BCUT2D eigenvalue weighted by Gasteiger charge is 2.34. The van der Waals surface area contributed by atoms with E-state index in [1.54, 1.807) is 4.90 Å². The van der Waals surface area contributed by atoms with E-state index in [1.807, 2.05) is 39.2 Å². The third kappa shape index (κ3) is 3.40. The maximum absolute atomic E-state index is 12.6. The van der Waals surface area contributed by atoms with E-state index in [-0.39, 0.29) is 11.9 Å². The van der Waals surface area contributed by atoms with E-state index >= 15 is 0 Å². The first-order valence-electron chi connectivity index (χ1n) is 6.78. The summed E-state index contributed by atoms with van der Waals surface area (Å²) in [6.45, 7) is 3.17. The van der Waals surface area contributed by atoms with Crippen LogP contribution in [0.1, 0.15) is 22.3 Å². The van der Waals surface area contributed by atoms with Gasteiger partial charge in [-0.2, -0.15) is 0 Å². The van der Waals surface area contributed by atoms with Crippen molar-refractivity contribution in [2.75, 3.05) is 27.2 Å². The number of hydrogen-bond acceptors (Lipinski definition) is 3. The Kier molecular flexibility index (Phi) is 4.83. The van der Waals surface area contributed by atoms with Crippen molar-refractivity contribution in [1.82, 2.24) is 9.80 Å². The van der Waals surface area contributed by atoms with Crippen LogP contribution in [0.2, 0.25) is 0 Å². The number of likely N-dealkylation sites (tertiary alicyclic amines) is 1. The number of likely N-dealkylation sites (N-methyl/N-ethyl adjacent to an activating group) is 1. The predicted molar refractivity (Wildman–Crippen MR) is 82.9 cm³/mol. The minimum atomic E-state index is -0.416. The third-order valence-electron chi connectivity index (χ3n) is 3.63. The lowest BCUT2D eigenvalue weighted by Crippen LogP contribution is -2.41. The Morgan fingerprint density at radius 3 is 2.80 bits per heavy atom. The second-order valence-electron chi connectivity index (χ2n) is 5.73. The first-order chi connectivity index (χ1) is 9.38. The Labute approximate surface area is 128 Å². The molecule has 4 nitrogen and oxygen atoms in total. The number of aliphatic hydroxyl groups excluding tert-OH is 1. The molecule has 1 saturated heterocycles. The molecule has 0 spiro atoms. The van der Waals surface area contributed by atoms with Gasteiger partial charge in [-0.3, -0.25) is 4.79 Å². The molecular formula is C15H21BrN2O2. The summed E-state index contributed by atoms with van der Waals surface area (Å²) in [6, 6.07) is 5.70. The molecule has 1 fully saturated rings. The topological polar surface area (TPSA) is 43.8 Å². The summed E-state index contributed by atoms with van der Waals surface area (Å²) in [5.41, 5.74) is 1.73. The number of rotatable bonds is 3. The Morgan fingerprint density at radius 2 is 2.20 bits per heavy atom. The van der Waals surface area contributed by atoms with Crippen molar-refractivity contribution in [1.29, 1.82) is 0 Å². The molecule has 1 aliphatic rings. The number of carbonyl (C=O) groups excluding carboxylic acids is 1. The van der Waals surface area contributed by atoms with Crippen molar-refractivity contribution in [2.24, 2.45) is 0 Å². The van der Waals surface area contributed by atoms with E-state index in [0.29, 0.717) is 18.5 Å². The number of benzene rings is 1. The molecule has 1 aliphatic heterocycles. The number of amides is 1. The summed E-state index contributed by atoms with van der Waals surface area (Å²) in [4.78, 5) is 16.5. The minimum absolute atomic E-state index is 0.00370. The molecule has 0 saturated carbocycles. The van der Waals surface area contributed by atoms with E-state index in [0.717, 1.165) is 16.6 Å². The molecule has 5 heteroatoms. The number of β-amino-alcohol motifs (C(OH)–C–C–N with tert-alkyl or cyclic N) is 1. The van der Waals surface area contributed by atoms with Crippen LogP contribution in [0.15, 0.2) is 22.7 Å². The van der Waals surface area contributed by atoms with Gasteiger partial charge in [-0.1, -0.05) is 15.9 Å². The Hall–Kier alpha value is -0.910. The van der Waals surface area contributed by atoms with Crippen LogP contribution in [0.5, 0.6) is 0 Å². The summed E-state index contributed by atoms with van der Waals surface area (Å²) < 4.78 is 1.00. The minimum Gasteiger partial charge on any atom is -0.391 e. The lowest BCUT2D eigenvalue weighted by atomic mass is 10.1. The molecule has 1 aromatic carbocycles. The summed E-state index contributed by atoms with van der Waals surface area (Å²) in [7, 11) is 3.97. The molecule has 1 heterocycles. The number of halogens is 1. The first kappa shape index (κ1) is 15.5. The van der Waals surface area contributed by atoms with Gasteiger partial charge in [0.1, 0.15) is 0 Å². The van der Waals surface area contributed by atoms with Crippen molar-refractivity contribution in [2.45, 2.75) is 25.5 Å². The van der Waals surface area contributed by atoms with Gasteiger partial charge in [0.15, 0.2) is 0 Å². The largest absolute Gasteiger partial charge is 0.391 e. The number of nitrogens with zero attached hydrogens (tertiary/aromatic N) is 2. The average molecular weight is 341 g/mol. The fourth-order valence-electron chi connectivity index (χ4n) is 2.68. The zero-order chi connectivity index (χ0) is 14.9. The molecule has 0 bridgehead atoms. The van der Waals surface area contributed by atoms with Crippen molar-refractivity contribution >= 4 is 21.8 Å². The van der Waals surface area contributed by atoms with Crippen molar-refractivity contribution in [3.05, 3.63) is 33.8 Å². The molecule has 0 aromatic heterocycles. The van der Waals surface area contributed by atoms with Gasteiger partial charge in [-0.25, -0.2) is 0 Å². The molecule has 110 valence electrons. The van der Waals surface area contributed by atoms with Gasteiger partial charge < -0.3 is 14.9 Å². The Bertz CT molecular complexity index is 505. The van der Waals surface area contributed by atoms with Gasteiger partial charge in [-0.05, 0) is 51.2 Å². The fraction of sp³-hybridized carbons (Fsp3) is 0.533. The SMILES string of the molecule is Cc1cc(C(=O)N2CC(O)CC2CN(C)C)ccc1Br. The van der Waals surface area contributed by atoms with Crippen LogP contribution in [0, 0.1) is 6.92 Å². The van der Waals surface area contributed by atoms with Gasteiger partial charge in [-0.15, -0.1) is 0 Å². The van der Waals surface area contributed by atoms with Crippen LogP contribution in [-0.2, 0) is 0 Å². The van der Waals surface area contributed by atoms with Gasteiger partial charge in [0.25, 0.3) is 5.91 Å². The summed E-state index contributed by atoms with van der Waals surface area (Å²) >= 11 is 3.44. The zero-order valence-electron chi connectivity index (χ0n) is 12.1. The molecule has 2 atom stereocenters. The molecule has 20 heavy (non-hydrogen) atoms. The second kappa shape index (κ2) is 6.24. The monoisotopic (exact) mass is 340 g/mol. The van der Waals surface area contributed by atoms with Crippen LogP contribution in [-0.4, -0.2) is 60.1 Å². The first-order valence-corrected chi connectivity index (χ1v) is 7.57. The molecular weight excluding hydrogens is 320 g/mol. The van der Waals surface area contributed by atoms with Crippen LogP contribution in [0.3, 0.4) is 0 Å². The lowest BCUT2D eigenvalue weighted by molar-refractivity contribution is 0.0699. The maximum Gasteiger partial charge on any atom is 0.254 e. The van der Waals surface area contributed by atoms with E-state index in [1.165, 1.54) is 0 Å². The smallest absolute Gasteiger partial charge is 0.254 e. The summed E-state index contributed by atoms with van der Waals surface area (Å²) in [5.74, 6) is 0.00370. The van der Waals surface area contributed by atoms with E-state index in [9.17, 15) is 9.90 Å². The zero-order valence-corrected chi connectivity index (χ0v) is 13.7. The molecule has 2 rings (SSSR count). The molecule has 0 radical (unpaired) electrons. The summed E-state index contributed by atoms with van der Waals surface area (Å²) in [6.07, 6.45) is 0.236. The Balaban J connectivity index is 2.19. The predicted octanol–water partition coefficient (Wildman–Crippen LogP) is 1.89. The highest BCUT2D eigenvalue weighted by molar-refractivity contribution is 9.10. The molecule has 2 unspecified atom stereocenters.